The van der Waals surface area contributed by atoms with Crippen molar-refractivity contribution >= 4 is 19.9 Å². The highest BCUT2D eigenvalue weighted by atomic mass is 32.1. The second kappa shape index (κ2) is 9.55. The first kappa shape index (κ1) is 21.7. The van der Waals surface area contributed by atoms with Gasteiger partial charge in [-0.2, -0.15) is 0 Å². The van der Waals surface area contributed by atoms with E-state index in [-0.39, 0.29) is 0 Å². The summed E-state index contributed by atoms with van der Waals surface area (Å²) >= 11 is 3.75. The van der Waals surface area contributed by atoms with Gasteiger partial charge in [-0.3, -0.25) is 0 Å². The fraction of sp³-hybridized carbons (Fsp3) is 0.100. The summed E-state index contributed by atoms with van der Waals surface area (Å²) in [4.78, 5) is 1.06. The van der Waals surface area contributed by atoms with Crippen LogP contribution in [0, 0.1) is 0 Å². The van der Waals surface area contributed by atoms with Gasteiger partial charge < -0.3 is 26.7 Å². The molecule has 148 valence electrons. The zero-order valence-electron chi connectivity index (χ0n) is 15.3. The van der Waals surface area contributed by atoms with Crippen LogP contribution in [0.1, 0.15) is 0 Å². The molecule has 28 heavy (non-hydrogen) atoms. The Hall–Kier alpha value is -2.61. The van der Waals surface area contributed by atoms with Gasteiger partial charge in [-0.05, 0) is 59.7 Å². The summed E-state index contributed by atoms with van der Waals surface area (Å²) < 4.78 is 49.5. The summed E-state index contributed by atoms with van der Waals surface area (Å²) in [7, 11) is -2.65. The molecular weight excluding hydrogens is 391 g/mol. The van der Waals surface area contributed by atoms with Crippen LogP contribution >= 0.6 is 0 Å². The number of ether oxygens (including phenoxy) is 2. The van der Waals surface area contributed by atoms with Crippen LogP contribution in [0.5, 0.6) is 11.5 Å². The molecule has 3 aromatic carbocycles. The van der Waals surface area contributed by atoms with Gasteiger partial charge in [-0.25, -0.2) is 0 Å². The van der Waals surface area contributed by atoms with E-state index in [4.69, 9.17) is 9.47 Å². The third kappa shape index (κ3) is 6.23. The van der Waals surface area contributed by atoms with Gasteiger partial charge in [0.1, 0.15) is 11.5 Å². The van der Waals surface area contributed by atoms with Crippen LogP contribution in [0.4, 0.5) is 17.3 Å². The van der Waals surface area contributed by atoms with Crippen molar-refractivity contribution < 1.29 is 26.7 Å². The standard InChI is InChI=1S/C20H18O2S.BF4/c1-21-16-10-6-14(7-11-16)18-4-3-5-19(23)20(18)15-8-12-17(22-2)13-9-15;2-1(3,4)5/h3-13,23H,1-2H3;/q;-1/p+1. The number of rotatable bonds is 4. The Morgan fingerprint density at radius 3 is 1.54 bits per heavy atom. The molecule has 0 radical (unpaired) electrons. The first-order valence-electron chi connectivity index (χ1n) is 8.23. The molecule has 8 heteroatoms. The van der Waals surface area contributed by atoms with E-state index < -0.39 is 7.25 Å². The smallest absolute Gasteiger partial charge is 0.497 e. The molecule has 0 aliphatic heterocycles. The third-order valence-corrected chi connectivity index (χ3v) is 4.26. The highest BCUT2D eigenvalue weighted by Gasteiger charge is 2.20. The van der Waals surface area contributed by atoms with Gasteiger partial charge in [0.15, 0.2) is 4.90 Å². The zero-order valence-corrected chi connectivity index (χ0v) is 16.3. The Balaban J connectivity index is 0.000000500. The van der Waals surface area contributed by atoms with Crippen molar-refractivity contribution in [1.29, 1.82) is 0 Å². The lowest BCUT2D eigenvalue weighted by Gasteiger charge is -2.11. The van der Waals surface area contributed by atoms with Crippen LogP contribution in [0.25, 0.3) is 22.3 Å². The van der Waals surface area contributed by atoms with Crippen LogP contribution in [0.2, 0.25) is 0 Å². The molecule has 0 aliphatic carbocycles. The van der Waals surface area contributed by atoms with Crippen LogP contribution in [0.3, 0.4) is 0 Å². The number of hydrogen-bond acceptors (Lipinski definition) is 2. The molecule has 3 aromatic rings. The third-order valence-electron chi connectivity index (χ3n) is 3.84. The normalized spacial score (nSPS) is 10.7. The fourth-order valence-electron chi connectivity index (χ4n) is 2.63. The molecule has 0 saturated carbocycles. The predicted molar refractivity (Wildman–Crippen MR) is 109 cm³/mol. The minimum atomic E-state index is -6.00. The first-order chi connectivity index (χ1) is 13.2. The van der Waals surface area contributed by atoms with Crippen LogP contribution in [-0.2, 0) is 12.6 Å². The van der Waals surface area contributed by atoms with Gasteiger partial charge in [0.05, 0.1) is 14.2 Å². The Kier molecular flexibility index (Phi) is 7.40. The van der Waals surface area contributed by atoms with Crippen molar-refractivity contribution in [2.75, 3.05) is 14.2 Å². The van der Waals surface area contributed by atoms with Crippen molar-refractivity contribution in [1.82, 2.24) is 0 Å². The predicted octanol–water partition coefficient (Wildman–Crippen LogP) is 5.71. The van der Waals surface area contributed by atoms with E-state index >= 15 is 0 Å². The van der Waals surface area contributed by atoms with Crippen molar-refractivity contribution in [2.24, 2.45) is 0 Å². The molecule has 3 rings (SSSR count). The average molecular weight is 410 g/mol. The van der Waals surface area contributed by atoms with Gasteiger partial charge in [0, 0.05) is 5.56 Å². The van der Waals surface area contributed by atoms with E-state index in [1.165, 1.54) is 5.56 Å². The summed E-state index contributed by atoms with van der Waals surface area (Å²) in [5, 5.41) is 0. The topological polar surface area (TPSA) is 18.5 Å². The zero-order chi connectivity index (χ0) is 20.7. The van der Waals surface area contributed by atoms with E-state index in [1.54, 1.807) is 14.2 Å². The summed E-state index contributed by atoms with van der Waals surface area (Å²) in [6, 6.07) is 22.5. The molecule has 0 aromatic heterocycles. The van der Waals surface area contributed by atoms with E-state index in [0.717, 1.165) is 33.1 Å². The first-order valence-corrected chi connectivity index (χ1v) is 8.73. The van der Waals surface area contributed by atoms with E-state index in [2.05, 4.69) is 55.1 Å². The van der Waals surface area contributed by atoms with Gasteiger partial charge in [0.25, 0.3) is 0 Å². The minimum absolute atomic E-state index is 0.853. The molecule has 0 bridgehead atoms. The highest BCUT2D eigenvalue weighted by molar-refractivity contribution is 7.59. The molecule has 0 heterocycles. The second-order valence-corrected chi connectivity index (χ2v) is 6.22. The van der Waals surface area contributed by atoms with E-state index in [1.807, 2.05) is 24.3 Å². The molecule has 0 saturated heterocycles. The molecule has 0 spiro atoms. The Morgan fingerprint density at radius 1 is 0.679 bits per heavy atom. The SMILES string of the molecule is COc1ccc(-c2cccc([SH2+])c2-c2ccc(OC)cc2)cc1.F[B-](F)(F)F. The Bertz CT molecular complexity index is 892. The number of benzene rings is 3. The summed E-state index contributed by atoms with van der Waals surface area (Å²) in [5.74, 6) is 1.71. The lowest BCUT2D eigenvalue weighted by Crippen LogP contribution is -2.02. The lowest BCUT2D eigenvalue weighted by atomic mass is 9.94. The summed E-state index contributed by atoms with van der Waals surface area (Å²) in [6.45, 7) is 0. The van der Waals surface area contributed by atoms with E-state index in [9.17, 15) is 17.3 Å². The Morgan fingerprint density at radius 2 is 1.11 bits per heavy atom. The molecule has 0 N–H and O–H groups in total. The minimum Gasteiger partial charge on any atom is -0.497 e. The van der Waals surface area contributed by atoms with Crippen LogP contribution in [-0.4, -0.2) is 21.5 Å². The number of methoxy groups -OCH3 is 2. The van der Waals surface area contributed by atoms with Gasteiger partial charge in [-0.1, -0.05) is 36.4 Å². The number of hydrogen-bond donors (Lipinski definition) is 0. The largest absolute Gasteiger partial charge is 0.673 e. The monoisotopic (exact) mass is 410 g/mol. The van der Waals surface area contributed by atoms with Gasteiger partial charge in [-0.15, -0.1) is 0 Å². The van der Waals surface area contributed by atoms with Gasteiger partial charge in [0.2, 0.25) is 0 Å². The molecule has 0 amide bonds. The van der Waals surface area contributed by atoms with Crippen LogP contribution < -0.4 is 9.47 Å². The van der Waals surface area contributed by atoms with Crippen LogP contribution in [0.15, 0.2) is 71.6 Å². The maximum absolute atomic E-state index is 9.75. The molecule has 0 unspecified atom stereocenters. The van der Waals surface area contributed by atoms with Crippen molar-refractivity contribution in [3.8, 4) is 33.8 Å². The quantitative estimate of drug-likeness (QED) is 0.312. The lowest BCUT2D eigenvalue weighted by molar-refractivity contribution is 0.368. The Labute approximate surface area is 166 Å². The molecule has 0 fully saturated rings. The van der Waals surface area contributed by atoms with Crippen molar-refractivity contribution in [3.05, 3.63) is 66.7 Å². The maximum Gasteiger partial charge on any atom is 0.673 e. The molecular formula is C20H19BF4O2S. The van der Waals surface area contributed by atoms with Crippen molar-refractivity contribution in [2.45, 2.75) is 4.90 Å². The molecule has 2 nitrogen and oxygen atoms in total. The maximum atomic E-state index is 9.75. The van der Waals surface area contributed by atoms with E-state index in [0.29, 0.717) is 0 Å². The van der Waals surface area contributed by atoms with Gasteiger partial charge >= 0.3 is 7.25 Å². The molecule has 0 atom stereocenters. The average Bonchev–Trinajstić information content (AvgIpc) is 2.67. The second-order valence-electron chi connectivity index (χ2n) is 5.68. The summed E-state index contributed by atoms with van der Waals surface area (Å²) in [6.07, 6.45) is 0. The van der Waals surface area contributed by atoms with Crippen molar-refractivity contribution in [3.63, 3.8) is 0 Å². The molecule has 0 aliphatic rings. The fourth-order valence-corrected chi connectivity index (χ4v) is 3.01. The number of halogens is 4. The highest BCUT2D eigenvalue weighted by Crippen LogP contribution is 2.36. The summed E-state index contributed by atoms with van der Waals surface area (Å²) in [5.41, 5.74) is 4.63.